The molecule has 0 bridgehead atoms. The highest BCUT2D eigenvalue weighted by Gasteiger charge is 2.10. The van der Waals surface area contributed by atoms with Gasteiger partial charge in [0.1, 0.15) is 24.7 Å². The maximum Gasteiger partial charge on any atom is 0.411 e. The second-order valence-corrected chi connectivity index (χ2v) is 5.20. The van der Waals surface area contributed by atoms with Crippen molar-refractivity contribution in [3.8, 4) is 11.5 Å². The van der Waals surface area contributed by atoms with Gasteiger partial charge in [0, 0.05) is 0 Å². The molecule has 0 saturated carbocycles. The Morgan fingerprint density at radius 3 is 2.22 bits per heavy atom. The molecule has 7 heteroatoms. The number of benzene rings is 2. The standard InChI is InChI=1S/C16H15Cl2NO4/c1-21-11-5-7-12(8-6-11)22-9-10-23-16(20)19-15-13(17)3-2-4-14(15)18/h2-8H,9-10H2,1H3,(H,19,20). The van der Waals surface area contributed by atoms with Crippen molar-refractivity contribution in [3.05, 3.63) is 52.5 Å². The number of amides is 1. The van der Waals surface area contributed by atoms with Crippen LogP contribution < -0.4 is 14.8 Å². The van der Waals surface area contributed by atoms with E-state index in [4.69, 9.17) is 37.4 Å². The van der Waals surface area contributed by atoms with Crippen LogP contribution in [0.2, 0.25) is 10.0 Å². The SMILES string of the molecule is COc1ccc(OCCOC(=O)Nc2c(Cl)cccc2Cl)cc1. The fourth-order valence-electron chi connectivity index (χ4n) is 1.72. The van der Waals surface area contributed by atoms with Crippen LogP contribution in [0, 0.1) is 0 Å². The van der Waals surface area contributed by atoms with Crippen LogP contribution in [0.3, 0.4) is 0 Å². The van der Waals surface area contributed by atoms with Crippen LogP contribution in [0.15, 0.2) is 42.5 Å². The highest BCUT2D eigenvalue weighted by Crippen LogP contribution is 2.29. The fraction of sp³-hybridized carbons (Fsp3) is 0.188. The average molecular weight is 356 g/mol. The smallest absolute Gasteiger partial charge is 0.411 e. The molecule has 5 nitrogen and oxygen atoms in total. The molecule has 0 spiro atoms. The lowest BCUT2D eigenvalue weighted by Gasteiger charge is -2.10. The zero-order valence-corrected chi connectivity index (χ0v) is 13.9. The molecule has 1 amide bonds. The lowest BCUT2D eigenvalue weighted by atomic mass is 10.3. The molecule has 0 saturated heterocycles. The van der Waals surface area contributed by atoms with Gasteiger partial charge in [-0.3, -0.25) is 5.32 Å². The van der Waals surface area contributed by atoms with Crippen molar-refractivity contribution in [2.75, 3.05) is 25.6 Å². The Hall–Kier alpha value is -2.11. The Kier molecular flexibility index (Phi) is 6.38. The highest BCUT2D eigenvalue weighted by atomic mass is 35.5. The van der Waals surface area contributed by atoms with Crippen molar-refractivity contribution in [2.24, 2.45) is 0 Å². The van der Waals surface area contributed by atoms with E-state index in [0.29, 0.717) is 21.5 Å². The van der Waals surface area contributed by atoms with Crippen LogP contribution in [-0.4, -0.2) is 26.4 Å². The molecular weight excluding hydrogens is 341 g/mol. The predicted octanol–water partition coefficient (Wildman–Crippen LogP) is 4.63. The molecule has 0 aliphatic carbocycles. The number of carbonyl (C=O) groups is 1. The Bertz CT molecular complexity index is 641. The summed E-state index contributed by atoms with van der Waals surface area (Å²) in [7, 11) is 1.59. The molecule has 2 aromatic rings. The first-order valence-electron chi connectivity index (χ1n) is 6.75. The number of rotatable bonds is 6. The third-order valence-corrected chi connectivity index (χ3v) is 3.46. The van der Waals surface area contributed by atoms with Crippen molar-refractivity contribution < 1.29 is 19.0 Å². The molecule has 122 valence electrons. The van der Waals surface area contributed by atoms with E-state index in [1.54, 1.807) is 49.6 Å². The van der Waals surface area contributed by atoms with Crippen molar-refractivity contribution >= 4 is 35.0 Å². The van der Waals surface area contributed by atoms with E-state index >= 15 is 0 Å². The molecule has 0 aliphatic heterocycles. The summed E-state index contributed by atoms with van der Waals surface area (Å²) in [4.78, 5) is 11.7. The number of nitrogens with one attached hydrogen (secondary N) is 1. The van der Waals surface area contributed by atoms with Crippen LogP contribution >= 0.6 is 23.2 Å². The molecule has 0 radical (unpaired) electrons. The highest BCUT2D eigenvalue weighted by molar-refractivity contribution is 6.39. The third-order valence-electron chi connectivity index (χ3n) is 2.83. The van der Waals surface area contributed by atoms with Crippen LogP contribution in [0.4, 0.5) is 10.5 Å². The van der Waals surface area contributed by atoms with Crippen LogP contribution in [0.1, 0.15) is 0 Å². The first-order valence-corrected chi connectivity index (χ1v) is 7.50. The minimum absolute atomic E-state index is 0.0833. The van der Waals surface area contributed by atoms with Crippen molar-refractivity contribution in [1.82, 2.24) is 0 Å². The van der Waals surface area contributed by atoms with Crippen molar-refractivity contribution in [2.45, 2.75) is 0 Å². The van der Waals surface area contributed by atoms with Crippen molar-refractivity contribution in [1.29, 1.82) is 0 Å². The van der Waals surface area contributed by atoms with Gasteiger partial charge in [-0.1, -0.05) is 29.3 Å². The first kappa shape index (κ1) is 17.2. The Morgan fingerprint density at radius 2 is 1.61 bits per heavy atom. The van der Waals surface area contributed by atoms with Gasteiger partial charge in [-0.15, -0.1) is 0 Å². The lowest BCUT2D eigenvalue weighted by Crippen LogP contribution is -2.18. The van der Waals surface area contributed by atoms with Gasteiger partial charge in [0.2, 0.25) is 0 Å². The Labute approximate surface area is 144 Å². The molecule has 2 aromatic carbocycles. The van der Waals surface area contributed by atoms with Crippen LogP contribution in [0.25, 0.3) is 0 Å². The normalized spacial score (nSPS) is 10.0. The van der Waals surface area contributed by atoms with Crippen LogP contribution in [-0.2, 0) is 4.74 Å². The summed E-state index contributed by atoms with van der Waals surface area (Å²) in [5.41, 5.74) is 0.317. The zero-order valence-electron chi connectivity index (χ0n) is 12.3. The number of para-hydroxylation sites is 1. The van der Waals surface area contributed by atoms with Gasteiger partial charge in [0.25, 0.3) is 0 Å². The number of anilines is 1. The summed E-state index contributed by atoms with van der Waals surface area (Å²) in [6.45, 7) is 0.302. The zero-order chi connectivity index (χ0) is 16.7. The summed E-state index contributed by atoms with van der Waals surface area (Å²) in [5.74, 6) is 1.40. The number of hydrogen-bond acceptors (Lipinski definition) is 4. The molecule has 0 aliphatic rings. The molecule has 0 fully saturated rings. The average Bonchev–Trinajstić information content (AvgIpc) is 2.56. The van der Waals surface area contributed by atoms with E-state index < -0.39 is 6.09 Å². The third kappa shape index (κ3) is 5.23. The lowest BCUT2D eigenvalue weighted by molar-refractivity contribution is 0.138. The minimum Gasteiger partial charge on any atom is -0.497 e. The molecule has 0 heterocycles. The second-order valence-electron chi connectivity index (χ2n) is 4.38. The van der Waals surface area contributed by atoms with E-state index in [1.807, 2.05) is 0 Å². The summed E-state index contributed by atoms with van der Waals surface area (Å²) in [6, 6.07) is 12.0. The predicted molar refractivity (Wildman–Crippen MR) is 89.9 cm³/mol. The van der Waals surface area contributed by atoms with Gasteiger partial charge in [-0.05, 0) is 36.4 Å². The van der Waals surface area contributed by atoms with Gasteiger partial charge in [0.05, 0.1) is 22.8 Å². The monoisotopic (exact) mass is 355 g/mol. The summed E-state index contributed by atoms with van der Waals surface area (Å²) in [6.07, 6.45) is -0.654. The number of carbonyl (C=O) groups excluding carboxylic acids is 1. The molecule has 1 N–H and O–H groups in total. The summed E-state index contributed by atoms with van der Waals surface area (Å²) in [5, 5.41) is 3.17. The number of ether oxygens (including phenoxy) is 3. The molecule has 0 atom stereocenters. The Balaban J connectivity index is 1.74. The second kappa shape index (κ2) is 8.50. The Morgan fingerprint density at radius 1 is 1.00 bits per heavy atom. The van der Waals surface area contributed by atoms with E-state index in [2.05, 4.69) is 5.32 Å². The molecule has 0 unspecified atom stereocenters. The number of methoxy groups -OCH3 is 1. The summed E-state index contributed by atoms with van der Waals surface area (Å²) >= 11 is 11.9. The van der Waals surface area contributed by atoms with Gasteiger partial charge < -0.3 is 14.2 Å². The largest absolute Gasteiger partial charge is 0.497 e. The van der Waals surface area contributed by atoms with Gasteiger partial charge in [-0.25, -0.2) is 4.79 Å². The number of halogens is 2. The maximum absolute atomic E-state index is 11.7. The molecule has 2 rings (SSSR count). The van der Waals surface area contributed by atoms with Gasteiger partial charge in [0.15, 0.2) is 0 Å². The quantitative estimate of drug-likeness (QED) is 0.767. The minimum atomic E-state index is -0.654. The number of hydrogen-bond donors (Lipinski definition) is 1. The summed E-state index contributed by atoms with van der Waals surface area (Å²) < 4.78 is 15.5. The topological polar surface area (TPSA) is 56.8 Å². The van der Waals surface area contributed by atoms with Gasteiger partial charge in [-0.2, -0.15) is 0 Å². The maximum atomic E-state index is 11.7. The van der Waals surface area contributed by atoms with E-state index in [1.165, 1.54) is 0 Å². The molecule has 23 heavy (non-hydrogen) atoms. The van der Waals surface area contributed by atoms with Gasteiger partial charge >= 0.3 is 6.09 Å². The van der Waals surface area contributed by atoms with Crippen molar-refractivity contribution in [3.63, 3.8) is 0 Å². The van der Waals surface area contributed by atoms with E-state index in [0.717, 1.165) is 5.75 Å². The van der Waals surface area contributed by atoms with E-state index in [-0.39, 0.29) is 13.2 Å². The fourth-order valence-corrected chi connectivity index (χ4v) is 2.21. The molecular formula is C16H15Cl2NO4. The van der Waals surface area contributed by atoms with E-state index in [9.17, 15) is 4.79 Å². The molecule has 0 aromatic heterocycles. The van der Waals surface area contributed by atoms with Crippen LogP contribution in [0.5, 0.6) is 11.5 Å². The first-order chi connectivity index (χ1) is 11.1.